The highest BCUT2D eigenvalue weighted by molar-refractivity contribution is 9.10. The Labute approximate surface area is 129 Å². The average Bonchev–Trinajstić information content (AvgIpc) is 2.38. The summed E-state index contributed by atoms with van der Waals surface area (Å²) >= 11 is 3.01. The maximum Gasteiger partial charge on any atom is 0.316 e. The molecular formula is C8H13BrN8O3S. The zero-order valence-electron chi connectivity index (χ0n) is 11.0. The summed E-state index contributed by atoms with van der Waals surface area (Å²) in [6.45, 7) is 0. The molecule has 6 N–H and O–H groups in total. The quantitative estimate of drug-likeness (QED) is 0.272. The molecule has 0 atom stereocenters. The highest BCUT2D eigenvalue weighted by atomic mass is 79.9. The van der Waals surface area contributed by atoms with E-state index in [1.54, 1.807) is 0 Å². The van der Waals surface area contributed by atoms with Crippen LogP contribution in [0.1, 0.15) is 10.5 Å². The number of amides is 1. The lowest BCUT2D eigenvalue weighted by atomic mass is 10.4. The maximum atomic E-state index is 11.8. The van der Waals surface area contributed by atoms with Gasteiger partial charge in [-0.2, -0.15) is 22.7 Å². The second-order valence-electron chi connectivity index (χ2n) is 3.74. The van der Waals surface area contributed by atoms with Crippen LogP contribution in [0.5, 0.6) is 0 Å². The molecule has 13 heteroatoms. The molecule has 0 saturated heterocycles. The lowest BCUT2D eigenvalue weighted by molar-refractivity contribution is 0.0974. The molecule has 11 nitrogen and oxygen atoms in total. The molecule has 0 radical (unpaired) electrons. The number of carbonyl (C=O) groups excluding carboxylic acids is 1. The van der Waals surface area contributed by atoms with Crippen LogP contribution in [0.15, 0.2) is 9.70 Å². The third-order valence-corrected chi connectivity index (χ3v) is 3.91. The van der Waals surface area contributed by atoms with Gasteiger partial charge in [-0.3, -0.25) is 4.79 Å². The van der Waals surface area contributed by atoms with E-state index in [0.717, 1.165) is 10.6 Å². The van der Waals surface area contributed by atoms with Gasteiger partial charge >= 0.3 is 10.2 Å². The first-order valence-electron chi connectivity index (χ1n) is 5.25. The van der Waals surface area contributed by atoms with Gasteiger partial charge in [0.25, 0.3) is 5.91 Å². The highest BCUT2D eigenvalue weighted by Crippen LogP contribution is 2.17. The van der Waals surface area contributed by atoms with Crippen molar-refractivity contribution in [3.8, 4) is 0 Å². The van der Waals surface area contributed by atoms with E-state index in [0.29, 0.717) is 0 Å². The Hall–Kier alpha value is -1.99. The largest absolute Gasteiger partial charge is 0.382 e. The lowest BCUT2D eigenvalue weighted by Crippen LogP contribution is -2.33. The third-order valence-electron chi connectivity index (χ3n) is 2.03. The molecule has 1 heterocycles. The first kappa shape index (κ1) is 17.1. The second-order valence-corrected chi connectivity index (χ2v) is 6.36. The Morgan fingerprint density at radius 2 is 1.95 bits per heavy atom. The fraction of sp³-hybridized carbons (Fsp3) is 0.250. The number of hydrogen-bond donors (Lipinski definition) is 4. The van der Waals surface area contributed by atoms with Crippen LogP contribution >= 0.6 is 15.9 Å². The van der Waals surface area contributed by atoms with Crippen LogP contribution in [0.2, 0.25) is 0 Å². The molecule has 0 unspecified atom stereocenters. The van der Waals surface area contributed by atoms with Crippen LogP contribution in [0, 0.1) is 0 Å². The van der Waals surface area contributed by atoms with Crippen molar-refractivity contribution in [3.63, 3.8) is 0 Å². The fourth-order valence-corrected chi connectivity index (χ4v) is 1.56. The number of nitrogens with one attached hydrogen (secondary N) is 2. The lowest BCUT2D eigenvalue weighted by Gasteiger charge is -2.09. The Kier molecular flexibility index (Phi) is 5.40. The van der Waals surface area contributed by atoms with Gasteiger partial charge in [0.15, 0.2) is 17.3 Å². The molecule has 0 spiro atoms. The van der Waals surface area contributed by atoms with E-state index in [1.807, 2.05) is 4.83 Å². The number of anilines is 2. The molecule has 0 aliphatic heterocycles. The molecule has 21 heavy (non-hydrogen) atoms. The first-order valence-corrected chi connectivity index (χ1v) is 7.48. The Morgan fingerprint density at radius 1 is 1.33 bits per heavy atom. The van der Waals surface area contributed by atoms with E-state index in [4.69, 9.17) is 11.5 Å². The monoisotopic (exact) mass is 380 g/mol. The fourth-order valence-electron chi connectivity index (χ4n) is 0.943. The van der Waals surface area contributed by atoms with Gasteiger partial charge in [0.05, 0.1) is 0 Å². The normalized spacial score (nSPS) is 11.8. The van der Waals surface area contributed by atoms with Crippen LogP contribution < -0.4 is 21.6 Å². The van der Waals surface area contributed by atoms with Crippen LogP contribution in [0.3, 0.4) is 0 Å². The third kappa shape index (κ3) is 4.51. The standard InChI is InChI=1S/C8H13BrN8O3S/c1-17(2)21(19,20)16-13-3-12-8(18)4-6(10)15-7(11)5(9)14-4/h3,16H,1-2H3,(H4,10,11,15)(H,12,13,18). The minimum atomic E-state index is -3.72. The number of rotatable bonds is 5. The summed E-state index contributed by atoms with van der Waals surface area (Å²) in [6.07, 6.45) is 0.842. The van der Waals surface area contributed by atoms with Gasteiger partial charge in [-0.1, -0.05) is 0 Å². The molecule has 0 aliphatic carbocycles. The Bertz CT molecular complexity index is 674. The number of hydrazone groups is 1. The molecule has 1 aromatic heterocycles. The summed E-state index contributed by atoms with van der Waals surface area (Å²) in [7, 11) is -1.09. The van der Waals surface area contributed by atoms with E-state index >= 15 is 0 Å². The number of nitrogens with two attached hydrogens (primary N) is 2. The summed E-state index contributed by atoms with van der Waals surface area (Å²) in [6, 6.07) is 0. The second kappa shape index (κ2) is 6.64. The highest BCUT2D eigenvalue weighted by Gasteiger charge is 2.15. The molecule has 1 aromatic rings. The summed E-state index contributed by atoms with van der Waals surface area (Å²) < 4.78 is 23.7. The number of nitrogen functional groups attached to an aromatic ring is 2. The molecule has 0 saturated carbocycles. The topological polar surface area (TPSA) is 169 Å². The number of aromatic nitrogens is 2. The van der Waals surface area contributed by atoms with E-state index in [-0.39, 0.29) is 21.9 Å². The van der Waals surface area contributed by atoms with Crippen LogP contribution in [0.4, 0.5) is 11.6 Å². The van der Waals surface area contributed by atoms with Gasteiger partial charge in [-0.05, 0) is 15.9 Å². The van der Waals surface area contributed by atoms with Gasteiger partial charge in [0.2, 0.25) is 0 Å². The van der Waals surface area contributed by atoms with Gasteiger partial charge in [0.1, 0.15) is 10.9 Å². The molecule has 1 rings (SSSR count). The van der Waals surface area contributed by atoms with Crippen molar-refractivity contribution in [3.05, 3.63) is 10.3 Å². The van der Waals surface area contributed by atoms with Gasteiger partial charge in [0, 0.05) is 14.1 Å². The number of nitrogens with zero attached hydrogens (tertiary/aromatic N) is 4. The molecule has 1 amide bonds. The van der Waals surface area contributed by atoms with Gasteiger partial charge in [-0.25, -0.2) is 9.97 Å². The molecule has 0 aromatic carbocycles. The zero-order chi connectivity index (χ0) is 16.2. The van der Waals surface area contributed by atoms with Crippen molar-refractivity contribution in [1.29, 1.82) is 0 Å². The van der Waals surface area contributed by atoms with Crippen molar-refractivity contribution in [2.45, 2.75) is 0 Å². The van der Waals surface area contributed by atoms with E-state index in [2.05, 4.69) is 36.3 Å². The van der Waals surface area contributed by atoms with Crippen molar-refractivity contribution < 1.29 is 13.2 Å². The van der Waals surface area contributed by atoms with Crippen molar-refractivity contribution in [2.24, 2.45) is 5.10 Å². The number of hydrogen-bond acceptors (Lipinski definition) is 8. The predicted octanol–water partition coefficient (Wildman–Crippen LogP) is -1.53. The molecular weight excluding hydrogens is 368 g/mol. The summed E-state index contributed by atoms with van der Waals surface area (Å²) in [5.74, 6) is -0.861. The molecule has 0 bridgehead atoms. The SMILES string of the molecule is CN(C)S(=O)(=O)NN=CNC(=O)c1nc(Br)c(N)nc1N. The number of halogens is 1. The van der Waals surface area contributed by atoms with Crippen LogP contribution in [-0.2, 0) is 10.2 Å². The predicted molar refractivity (Wildman–Crippen MR) is 80.3 cm³/mol. The maximum absolute atomic E-state index is 11.8. The first-order chi connectivity index (χ1) is 9.65. The van der Waals surface area contributed by atoms with Crippen LogP contribution in [-0.4, -0.2) is 49.0 Å². The minimum Gasteiger partial charge on any atom is -0.382 e. The van der Waals surface area contributed by atoms with E-state index < -0.39 is 16.1 Å². The Morgan fingerprint density at radius 3 is 2.52 bits per heavy atom. The van der Waals surface area contributed by atoms with Gasteiger partial charge in [-0.15, -0.1) is 0 Å². The summed E-state index contributed by atoms with van der Waals surface area (Å²) in [5.41, 5.74) is 10.8. The average molecular weight is 381 g/mol. The summed E-state index contributed by atoms with van der Waals surface area (Å²) in [4.78, 5) is 21.1. The van der Waals surface area contributed by atoms with Crippen molar-refractivity contribution >= 4 is 50.0 Å². The van der Waals surface area contributed by atoms with E-state index in [1.165, 1.54) is 14.1 Å². The van der Waals surface area contributed by atoms with Crippen molar-refractivity contribution in [1.82, 2.24) is 24.4 Å². The Balaban J connectivity index is 2.73. The van der Waals surface area contributed by atoms with Gasteiger partial charge < -0.3 is 16.8 Å². The van der Waals surface area contributed by atoms with E-state index in [9.17, 15) is 13.2 Å². The number of carbonyl (C=O) groups is 1. The summed E-state index contributed by atoms with van der Waals surface area (Å²) in [5, 5.41) is 5.52. The minimum absolute atomic E-state index is 0.0384. The molecule has 116 valence electrons. The zero-order valence-corrected chi connectivity index (χ0v) is 13.4. The van der Waals surface area contributed by atoms with Crippen molar-refractivity contribution in [2.75, 3.05) is 25.6 Å². The smallest absolute Gasteiger partial charge is 0.316 e. The van der Waals surface area contributed by atoms with Crippen LogP contribution in [0.25, 0.3) is 0 Å². The molecule has 0 fully saturated rings. The molecule has 0 aliphatic rings.